The molecule has 0 fully saturated rings. The lowest BCUT2D eigenvalue weighted by atomic mass is 9.93. The van der Waals surface area contributed by atoms with E-state index in [2.05, 4.69) is 60.0 Å². The van der Waals surface area contributed by atoms with Crippen molar-refractivity contribution < 1.29 is 9.30 Å². The molecule has 1 aromatic heterocycles. The third-order valence-corrected chi connectivity index (χ3v) is 5.14. The normalized spacial score (nSPS) is 12.8. The van der Waals surface area contributed by atoms with E-state index < -0.39 is 0 Å². The summed E-state index contributed by atoms with van der Waals surface area (Å²) in [6.45, 7) is 3.30. The van der Waals surface area contributed by atoms with Crippen molar-refractivity contribution in [1.29, 1.82) is 0 Å². The lowest BCUT2D eigenvalue weighted by Gasteiger charge is -2.18. The number of benzene rings is 2. The second kappa shape index (κ2) is 6.27. The van der Waals surface area contributed by atoms with Gasteiger partial charge in [0.1, 0.15) is 5.75 Å². The number of nitrogens with zero attached hydrogens (tertiary/aromatic N) is 1. The van der Waals surface area contributed by atoms with Crippen LogP contribution in [0.4, 0.5) is 0 Å². The van der Waals surface area contributed by atoms with Crippen LogP contribution in [0.25, 0.3) is 22.2 Å². The minimum absolute atomic E-state index is 0.942. The van der Waals surface area contributed by atoms with E-state index in [9.17, 15) is 0 Å². The van der Waals surface area contributed by atoms with Gasteiger partial charge in [-0.3, -0.25) is 0 Å². The third kappa shape index (κ3) is 2.47. The van der Waals surface area contributed by atoms with E-state index >= 15 is 0 Å². The van der Waals surface area contributed by atoms with Gasteiger partial charge in [0.2, 0.25) is 11.2 Å². The van der Waals surface area contributed by atoms with Gasteiger partial charge >= 0.3 is 0 Å². The largest absolute Gasteiger partial charge is 0.497 e. The highest BCUT2D eigenvalue weighted by Gasteiger charge is 2.26. The molecule has 0 atom stereocenters. The molecule has 0 amide bonds. The van der Waals surface area contributed by atoms with Gasteiger partial charge in [0, 0.05) is 24.1 Å². The molecular weight excluding hydrogens is 294 g/mol. The Hall–Kier alpha value is -2.35. The van der Waals surface area contributed by atoms with Crippen molar-refractivity contribution in [3.05, 3.63) is 59.7 Å². The zero-order valence-corrected chi connectivity index (χ0v) is 14.5. The van der Waals surface area contributed by atoms with Crippen LogP contribution in [-0.4, -0.2) is 7.11 Å². The van der Waals surface area contributed by atoms with Gasteiger partial charge in [-0.1, -0.05) is 31.5 Å². The van der Waals surface area contributed by atoms with Gasteiger partial charge in [0.05, 0.1) is 12.5 Å². The molecule has 122 valence electrons. The van der Waals surface area contributed by atoms with Crippen molar-refractivity contribution in [1.82, 2.24) is 0 Å². The smallest absolute Gasteiger partial charge is 0.213 e. The van der Waals surface area contributed by atoms with Crippen LogP contribution in [0, 0.1) is 0 Å². The van der Waals surface area contributed by atoms with Crippen LogP contribution in [-0.2, 0) is 19.4 Å². The molecule has 0 unspecified atom stereocenters. The third-order valence-electron chi connectivity index (χ3n) is 5.14. The highest BCUT2D eigenvalue weighted by atomic mass is 16.5. The zero-order valence-electron chi connectivity index (χ0n) is 14.5. The summed E-state index contributed by atoms with van der Waals surface area (Å²) in [5.74, 6) is 0.942. The highest BCUT2D eigenvalue weighted by Crippen LogP contribution is 2.31. The molecule has 0 aliphatic carbocycles. The van der Waals surface area contributed by atoms with Crippen LogP contribution in [0.5, 0.6) is 5.75 Å². The molecule has 2 heteroatoms. The number of pyridine rings is 1. The number of methoxy groups -OCH3 is 1. The van der Waals surface area contributed by atoms with Gasteiger partial charge in [0.15, 0.2) is 6.54 Å². The minimum Gasteiger partial charge on any atom is -0.497 e. The van der Waals surface area contributed by atoms with Crippen LogP contribution in [0.1, 0.15) is 30.9 Å². The fraction of sp³-hybridized carbons (Fsp3) is 0.318. The summed E-state index contributed by atoms with van der Waals surface area (Å²) < 4.78 is 7.95. The molecule has 0 saturated carbocycles. The van der Waals surface area contributed by atoms with E-state index in [-0.39, 0.29) is 0 Å². The molecule has 2 heterocycles. The number of aryl methyl sites for hydroxylation is 3. The molecule has 0 N–H and O–H groups in total. The molecule has 4 rings (SSSR count). The predicted molar refractivity (Wildman–Crippen MR) is 98.4 cm³/mol. The summed E-state index contributed by atoms with van der Waals surface area (Å²) in [5.41, 5.74) is 6.98. The lowest BCUT2D eigenvalue weighted by molar-refractivity contribution is -0.662. The summed E-state index contributed by atoms with van der Waals surface area (Å²) in [7, 11) is 1.74. The molecule has 0 spiro atoms. The van der Waals surface area contributed by atoms with E-state index in [0.29, 0.717) is 0 Å². The first-order valence-electron chi connectivity index (χ1n) is 8.93. The summed E-state index contributed by atoms with van der Waals surface area (Å²) >= 11 is 0. The number of unbranched alkanes of at least 4 members (excludes halogenated alkanes) is 1. The van der Waals surface area contributed by atoms with Crippen LogP contribution in [0.15, 0.2) is 48.5 Å². The topological polar surface area (TPSA) is 13.1 Å². The Bertz CT molecular complexity index is 898. The van der Waals surface area contributed by atoms with Crippen LogP contribution in [0.2, 0.25) is 0 Å². The fourth-order valence-electron chi connectivity index (χ4n) is 3.84. The Morgan fingerprint density at radius 3 is 2.79 bits per heavy atom. The number of hydrogen-bond donors (Lipinski definition) is 0. The average molecular weight is 318 g/mol. The molecule has 3 aromatic rings. The molecule has 2 aromatic carbocycles. The van der Waals surface area contributed by atoms with Crippen LogP contribution in [0.3, 0.4) is 0 Å². The van der Waals surface area contributed by atoms with Gasteiger partial charge in [-0.25, -0.2) is 0 Å². The quantitative estimate of drug-likeness (QED) is 0.635. The first-order chi connectivity index (χ1) is 11.8. The van der Waals surface area contributed by atoms with E-state index in [1.54, 1.807) is 7.11 Å². The van der Waals surface area contributed by atoms with Crippen molar-refractivity contribution in [2.75, 3.05) is 7.11 Å². The summed E-state index contributed by atoms with van der Waals surface area (Å²) in [6, 6.07) is 17.8. The first-order valence-corrected chi connectivity index (χ1v) is 8.93. The number of rotatable bonds is 4. The maximum Gasteiger partial charge on any atom is 0.213 e. The Morgan fingerprint density at radius 1 is 1.08 bits per heavy atom. The van der Waals surface area contributed by atoms with Gasteiger partial charge < -0.3 is 4.74 Å². The highest BCUT2D eigenvalue weighted by molar-refractivity contribution is 5.83. The Labute approximate surface area is 143 Å². The van der Waals surface area contributed by atoms with E-state index in [1.165, 1.54) is 46.1 Å². The number of hydrogen-bond acceptors (Lipinski definition) is 1. The maximum absolute atomic E-state index is 5.47. The Morgan fingerprint density at radius 2 is 1.96 bits per heavy atom. The molecule has 1 aliphatic heterocycles. The lowest BCUT2D eigenvalue weighted by Crippen LogP contribution is -2.41. The summed E-state index contributed by atoms with van der Waals surface area (Å²) in [4.78, 5) is 0. The molecule has 0 radical (unpaired) electrons. The SMILES string of the molecule is CCCCc1cc2[n+](c3ccc(OC)cc13)CCc1ccccc1-2. The Kier molecular flexibility index (Phi) is 3.97. The minimum atomic E-state index is 0.942. The number of aromatic nitrogens is 1. The second-order valence-corrected chi connectivity index (χ2v) is 6.60. The second-order valence-electron chi connectivity index (χ2n) is 6.60. The van der Waals surface area contributed by atoms with Crippen molar-refractivity contribution in [3.8, 4) is 17.0 Å². The van der Waals surface area contributed by atoms with Crippen molar-refractivity contribution in [2.45, 2.75) is 39.2 Å². The van der Waals surface area contributed by atoms with Gasteiger partial charge in [0.25, 0.3) is 0 Å². The van der Waals surface area contributed by atoms with E-state index in [4.69, 9.17) is 4.74 Å². The van der Waals surface area contributed by atoms with Crippen molar-refractivity contribution in [2.24, 2.45) is 0 Å². The number of fused-ring (bicyclic) bond motifs is 5. The average Bonchev–Trinajstić information content (AvgIpc) is 2.65. The molecule has 0 saturated heterocycles. The molecular formula is C22H24NO+. The van der Waals surface area contributed by atoms with Crippen molar-refractivity contribution in [3.63, 3.8) is 0 Å². The van der Waals surface area contributed by atoms with Gasteiger partial charge in [-0.15, -0.1) is 0 Å². The molecule has 1 aliphatic rings. The van der Waals surface area contributed by atoms with E-state index in [0.717, 1.165) is 25.1 Å². The maximum atomic E-state index is 5.47. The Balaban J connectivity index is 1.99. The molecule has 2 nitrogen and oxygen atoms in total. The summed E-state index contributed by atoms with van der Waals surface area (Å²) in [6.07, 6.45) is 4.66. The first kappa shape index (κ1) is 15.2. The van der Waals surface area contributed by atoms with Crippen LogP contribution >= 0.6 is 0 Å². The van der Waals surface area contributed by atoms with Crippen LogP contribution < -0.4 is 9.30 Å². The van der Waals surface area contributed by atoms with E-state index in [1.807, 2.05) is 0 Å². The number of ether oxygens (including phenoxy) is 1. The predicted octanol–water partition coefficient (Wildman–Crippen LogP) is 4.70. The fourth-order valence-corrected chi connectivity index (χ4v) is 3.84. The van der Waals surface area contributed by atoms with Gasteiger partial charge in [-0.05, 0) is 42.2 Å². The summed E-state index contributed by atoms with van der Waals surface area (Å²) in [5, 5.41) is 1.34. The van der Waals surface area contributed by atoms with Crippen molar-refractivity contribution >= 4 is 10.9 Å². The zero-order chi connectivity index (χ0) is 16.5. The van der Waals surface area contributed by atoms with Gasteiger partial charge in [-0.2, -0.15) is 4.57 Å². The monoisotopic (exact) mass is 318 g/mol. The molecule has 0 bridgehead atoms. The standard InChI is InChI=1S/C22H24NO/c1-3-4-7-17-14-22-19-9-6-5-8-16(19)12-13-23(22)21-11-10-18(24-2)15-20(17)21/h5-6,8-11,14-15H,3-4,7,12-13H2,1-2H3/q+1. The molecule has 24 heavy (non-hydrogen) atoms.